The number of aromatic hydroxyl groups is 1. The first-order valence-electron chi connectivity index (χ1n) is 6.89. The predicted molar refractivity (Wildman–Crippen MR) is 80.8 cm³/mol. The summed E-state index contributed by atoms with van der Waals surface area (Å²) in [5, 5.41) is 17.6. The molecule has 0 spiro atoms. The van der Waals surface area contributed by atoms with E-state index in [1.807, 2.05) is 44.6 Å². The molecule has 0 saturated carbocycles. The molecule has 108 valence electrons. The minimum Gasteiger partial charge on any atom is -0.507 e. The monoisotopic (exact) mass is 273 g/mol. The summed E-state index contributed by atoms with van der Waals surface area (Å²) in [4.78, 5) is 0. The molecule has 0 aliphatic rings. The molecule has 0 radical (unpaired) electrons. The van der Waals surface area contributed by atoms with Crippen molar-refractivity contribution in [1.29, 1.82) is 0 Å². The van der Waals surface area contributed by atoms with Gasteiger partial charge in [-0.2, -0.15) is 5.10 Å². The highest BCUT2D eigenvalue weighted by molar-refractivity contribution is 5.42. The third-order valence-electron chi connectivity index (χ3n) is 3.84. The van der Waals surface area contributed by atoms with Crippen molar-refractivity contribution in [2.45, 2.75) is 40.8 Å². The van der Waals surface area contributed by atoms with Crippen molar-refractivity contribution in [3.63, 3.8) is 0 Å². The van der Waals surface area contributed by atoms with Gasteiger partial charge >= 0.3 is 0 Å². The highest BCUT2D eigenvalue weighted by atomic mass is 16.3. The lowest BCUT2D eigenvalue weighted by Gasteiger charge is -2.09. The smallest absolute Gasteiger partial charge is 0.121 e. The van der Waals surface area contributed by atoms with Gasteiger partial charge in [-0.05, 0) is 44.4 Å². The molecule has 0 amide bonds. The zero-order valence-corrected chi connectivity index (χ0v) is 12.9. The van der Waals surface area contributed by atoms with E-state index < -0.39 is 0 Å². The van der Waals surface area contributed by atoms with Crippen molar-refractivity contribution < 1.29 is 5.11 Å². The summed E-state index contributed by atoms with van der Waals surface area (Å²) in [7, 11) is 1.97. The van der Waals surface area contributed by atoms with Gasteiger partial charge in [0.2, 0.25) is 0 Å². The molecule has 0 aliphatic heterocycles. The zero-order chi connectivity index (χ0) is 14.9. The van der Waals surface area contributed by atoms with Crippen LogP contribution in [0.4, 0.5) is 0 Å². The van der Waals surface area contributed by atoms with Crippen LogP contribution in [-0.4, -0.2) is 14.9 Å². The molecule has 0 bridgehead atoms. The first kappa shape index (κ1) is 14.6. The Hall–Kier alpha value is -1.81. The van der Waals surface area contributed by atoms with Crippen LogP contribution in [0.3, 0.4) is 0 Å². The summed E-state index contributed by atoms with van der Waals surface area (Å²) in [6.45, 7) is 9.59. The number of phenols is 1. The Kier molecular flexibility index (Phi) is 4.14. The molecule has 0 unspecified atom stereocenters. The maximum atomic E-state index is 9.78. The van der Waals surface area contributed by atoms with Gasteiger partial charge in [0.15, 0.2) is 0 Å². The number of rotatable bonds is 4. The predicted octanol–water partition coefficient (Wildman–Crippen LogP) is 2.65. The number of aromatic nitrogens is 2. The number of hydrogen-bond donors (Lipinski definition) is 2. The quantitative estimate of drug-likeness (QED) is 0.900. The van der Waals surface area contributed by atoms with Crippen molar-refractivity contribution in [2.75, 3.05) is 0 Å². The minimum atomic E-state index is 0.396. The Morgan fingerprint density at radius 1 is 1.10 bits per heavy atom. The van der Waals surface area contributed by atoms with Crippen LogP contribution in [-0.2, 0) is 20.1 Å². The van der Waals surface area contributed by atoms with Crippen molar-refractivity contribution in [2.24, 2.45) is 7.05 Å². The molecule has 2 N–H and O–H groups in total. The molecule has 1 aromatic carbocycles. The van der Waals surface area contributed by atoms with Crippen LogP contribution in [0.5, 0.6) is 5.75 Å². The first-order valence-corrected chi connectivity index (χ1v) is 6.89. The normalized spacial score (nSPS) is 11.1. The van der Waals surface area contributed by atoms with Crippen LogP contribution in [0.25, 0.3) is 0 Å². The molecule has 0 saturated heterocycles. The third kappa shape index (κ3) is 2.85. The maximum absolute atomic E-state index is 9.78. The summed E-state index contributed by atoms with van der Waals surface area (Å²) in [5.41, 5.74) is 6.59. The molecule has 0 atom stereocenters. The van der Waals surface area contributed by atoms with Gasteiger partial charge in [0.05, 0.1) is 5.69 Å². The molecule has 4 nitrogen and oxygen atoms in total. The van der Waals surface area contributed by atoms with Crippen LogP contribution in [0.1, 0.15) is 33.6 Å². The molecule has 1 heterocycles. The van der Waals surface area contributed by atoms with E-state index in [0.717, 1.165) is 29.9 Å². The zero-order valence-electron chi connectivity index (χ0n) is 12.9. The molecule has 1 aromatic heterocycles. The Balaban J connectivity index is 2.03. The Labute approximate surface area is 120 Å². The van der Waals surface area contributed by atoms with Crippen LogP contribution >= 0.6 is 0 Å². The van der Waals surface area contributed by atoms with Crippen LogP contribution in [0.2, 0.25) is 0 Å². The van der Waals surface area contributed by atoms with Gasteiger partial charge in [-0.1, -0.05) is 12.1 Å². The van der Waals surface area contributed by atoms with E-state index in [4.69, 9.17) is 0 Å². The minimum absolute atomic E-state index is 0.396. The fraction of sp³-hybridized carbons (Fsp3) is 0.438. The highest BCUT2D eigenvalue weighted by Gasteiger charge is 2.09. The highest BCUT2D eigenvalue weighted by Crippen LogP contribution is 2.22. The summed E-state index contributed by atoms with van der Waals surface area (Å²) < 4.78 is 1.92. The van der Waals surface area contributed by atoms with E-state index in [9.17, 15) is 5.11 Å². The number of hydrogen-bond acceptors (Lipinski definition) is 3. The van der Waals surface area contributed by atoms with Crippen LogP contribution < -0.4 is 5.32 Å². The molecule has 0 fully saturated rings. The molecule has 2 aromatic rings. The molecular weight excluding hydrogens is 250 g/mol. The number of benzene rings is 1. The lowest BCUT2D eigenvalue weighted by molar-refractivity contribution is 0.466. The average Bonchev–Trinajstić information content (AvgIpc) is 2.62. The number of phenolic OH excluding ortho intramolecular Hbond substituents is 1. The van der Waals surface area contributed by atoms with Gasteiger partial charge in [0.1, 0.15) is 5.75 Å². The second-order valence-corrected chi connectivity index (χ2v) is 5.45. The SMILES string of the molecule is Cc1cc(CNCc2c(C)nn(C)c2C)cc(C)c1O. The largest absolute Gasteiger partial charge is 0.507 e. The van der Waals surface area contributed by atoms with Crippen molar-refractivity contribution in [3.8, 4) is 5.75 Å². The first-order chi connectivity index (χ1) is 9.40. The van der Waals surface area contributed by atoms with E-state index in [1.165, 1.54) is 16.8 Å². The van der Waals surface area contributed by atoms with Gasteiger partial charge in [0, 0.05) is 31.4 Å². The molecule has 2 rings (SSSR count). The maximum Gasteiger partial charge on any atom is 0.121 e. The Morgan fingerprint density at radius 3 is 2.20 bits per heavy atom. The second kappa shape index (κ2) is 5.67. The van der Waals surface area contributed by atoms with Crippen molar-refractivity contribution >= 4 is 0 Å². The molecule has 0 aliphatic carbocycles. The van der Waals surface area contributed by atoms with Crippen LogP contribution in [0.15, 0.2) is 12.1 Å². The van der Waals surface area contributed by atoms with Crippen molar-refractivity contribution in [1.82, 2.24) is 15.1 Å². The standard InChI is InChI=1S/C16H23N3O/c1-10-6-14(7-11(2)16(10)20)8-17-9-15-12(3)18-19(5)13(15)4/h6-7,17,20H,8-9H2,1-5H3. The Bertz CT molecular complexity index is 606. The fourth-order valence-electron chi connectivity index (χ4n) is 2.55. The number of aryl methyl sites for hydroxylation is 4. The molecule has 4 heteroatoms. The van der Waals surface area contributed by atoms with E-state index in [1.54, 1.807) is 0 Å². The van der Waals surface area contributed by atoms with Crippen molar-refractivity contribution in [3.05, 3.63) is 45.8 Å². The molecular formula is C16H23N3O. The average molecular weight is 273 g/mol. The van der Waals surface area contributed by atoms with Gasteiger partial charge in [-0.15, -0.1) is 0 Å². The van der Waals surface area contributed by atoms with Crippen LogP contribution in [0, 0.1) is 27.7 Å². The van der Waals surface area contributed by atoms with E-state index in [2.05, 4.69) is 17.3 Å². The lowest BCUT2D eigenvalue weighted by Crippen LogP contribution is -2.14. The van der Waals surface area contributed by atoms with E-state index in [-0.39, 0.29) is 0 Å². The number of nitrogens with one attached hydrogen (secondary N) is 1. The summed E-state index contributed by atoms with van der Waals surface area (Å²) in [6, 6.07) is 4.05. The summed E-state index contributed by atoms with van der Waals surface area (Å²) >= 11 is 0. The van der Waals surface area contributed by atoms with E-state index in [0.29, 0.717) is 5.75 Å². The molecule has 20 heavy (non-hydrogen) atoms. The lowest BCUT2D eigenvalue weighted by atomic mass is 10.1. The van der Waals surface area contributed by atoms with Gasteiger partial charge in [0.25, 0.3) is 0 Å². The van der Waals surface area contributed by atoms with E-state index >= 15 is 0 Å². The van der Waals surface area contributed by atoms with Gasteiger partial charge < -0.3 is 10.4 Å². The number of nitrogens with zero attached hydrogens (tertiary/aromatic N) is 2. The fourth-order valence-corrected chi connectivity index (χ4v) is 2.55. The second-order valence-electron chi connectivity index (χ2n) is 5.45. The summed E-state index contributed by atoms with van der Waals surface area (Å²) in [5.74, 6) is 0.396. The Morgan fingerprint density at radius 2 is 1.70 bits per heavy atom. The van der Waals surface area contributed by atoms with Gasteiger partial charge in [-0.25, -0.2) is 0 Å². The summed E-state index contributed by atoms with van der Waals surface area (Å²) in [6.07, 6.45) is 0. The van der Waals surface area contributed by atoms with Gasteiger partial charge in [-0.3, -0.25) is 4.68 Å². The topological polar surface area (TPSA) is 50.1 Å². The third-order valence-corrected chi connectivity index (χ3v) is 3.84.